The molecule has 124 valence electrons. The van der Waals surface area contributed by atoms with Crippen molar-refractivity contribution in [3.8, 4) is 11.1 Å². The van der Waals surface area contributed by atoms with Crippen LogP contribution in [-0.4, -0.2) is 16.5 Å². The van der Waals surface area contributed by atoms with Crippen LogP contribution in [0.3, 0.4) is 0 Å². The molecule has 0 atom stereocenters. The zero-order chi connectivity index (χ0) is 16.8. The second kappa shape index (κ2) is 8.02. The van der Waals surface area contributed by atoms with Crippen LogP contribution in [0.2, 0.25) is 5.02 Å². The van der Waals surface area contributed by atoms with Gasteiger partial charge in [-0.2, -0.15) is 4.98 Å². The largest absolute Gasteiger partial charge is 0.384 e. The van der Waals surface area contributed by atoms with Gasteiger partial charge in [-0.3, -0.25) is 0 Å². The molecule has 1 aromatic carbocycles. The van der Waals surface area contributed by atoms with Gasteiger partial charge in [0.05, 0.1) is 16.4 Å². The van der Waals surface area contributed by atoms with Crippen molar-refractivity contribution in [2.24, 2.45) is 0 Å². The Hall–Kier alpha value is -2.01. The standard InChI is InChI=1S/C17H24ClN5/c1-3-5-6-9-21-14-10-11(7-8-12(14)18)15-13(4-2)22-17(20)23-16(15)19/h7-8,10,21H,3-6,9H2,1-2H3,(H4,19,20,22,23). The highest BCUT2D eigenvalue weighted by Crippen LogP contribution is 2.33. The number of aromatic nitrogens is 2. The predicted octanol–water partition coefficient (Wildman–Crippen LogP) is 4.13. The molecule has 23 heavy (non-hydrogen) atoms. The number of nitrogens with two attached hydrogens (primary N) is 2. The summed E-state index contributed by atoms with van der Waals surface area (Å²) in [6, 6.07) is 5.80. The van der Waals surface area contributed by atoms with E-state index in [0.717, 1.165) is 41.9 Å². The SMILES string of the molecule is CCCCCNc1cc(-c2c(N)nc(N)nc2CC)ccc1Cl. The first-order valence-electron chi connectivity index (χ1n) is 8.02. The summed E-state index contributed by atoms with van der Waals surface area (Å²) >= 11 is 6.29. The van der Waals surface area contributed by atoms with Gasteiger partial charge in [-0.1, -0.05) is 44.4 Å². The summed E-state index contributed by atoms with van der Waals surface area (Å²) in [5.41, 5.74) is 15.3. The molecule has 0 fully saturated rings. The van der Waals surface area contributed by atoms with Gasteiger partial charge in [0.2, 0.25) is 5.95 Å². The minimum atomic E-state index is 0.204. The molecule has 0 aliphatic heterocycles. The Bertz CT molecular complexity index is 672. The molecule has 5 N–H and O–H groups in total. The molecule has 0 amide bonds. The van der Waals surface area contributed by atoms with E-state index in [0.29, 0.717) is 10.8 Å². The number of halogens is 1. The van der Waals surface area contributed by atoms with Gasteiger partial charge in [0, 0.05) is 12.1 Å². The monoisotopic (exact) mass is 333 g/mol. The maximum Gasteiger partial charge on any atom is 0.222 e. The Morgan fingerprint density at radius 1 is 1.13 bits per heavy atom. The fraction of sp³-hybridized carbons (Fsp3) is 0.412. The minimum absolute atomic E-state index is 0.204. The topological polar surface area (TPSA) is 89.8 Å². The molecule has 2 aromatic rings. The molecule has 1 aromatic heterocycles. The van der Waals surface area contributed by atoms with E-state index in [2.05, 4.69) is 22.2 Å². The quantitative estimate of drug-likeness (QED) is 0.663. The van der Waals surface area contributed by atoms with E-state index in [9.17, 15) is 0 Å². The first kappa shape index (κ1) is 17.3. The highest BCUT2D eigenvalue weighted by molar-refractivity contribution is 6.33. The molecule has 0 aliphatic carbocycles. The Balaban J connectivity index is 2.34. The van der Waals surface area contributed by atoms with Gasteiger partial charge in [0.1, 0.15) is 5.82 Å². The molecule has 1 heterocycles. The highest BCUT2D eigenvalue weighted by atomic mass is 35.5. The lowest BCUT2D eigenvalue weighted by Crippen LogP contribution is -2.07. The van der Waals surface area contributed by atoms with Crippen molar-refractivity contribution in [3.63, 3.8) is 0 Å². The van der Waals surface area contributed by atoms with Crippen LogP contribution >= 0.6 is 11.6 Å². The third-order valence-electron chi connectivity index (χ3n) is 3.71. The second-order valence-corrected chi connectivity index (χ2v) is 5.88. The van der Waals surface area contributed by atoms with E-state index >= 15 is 0 Å². The van der Waals surface area contributed by atoms with Crippen molar-refractivity contribution in [3.05, 3.63) is 28.9 Å². The number of anilines is 3. The number of rotatable bonds is 7. The van der Waals surface area contributed by atoms with Gasteiger partial charge in [0.25, 0.3) is 0 Å². The van der Waals surface area contributed by atoms with Gasteiger partial charge < -0.3 is 16.8 Å². The van der Waals surface area contributed by atoms with Crippen LogP contribution in [0, 0.1) is 0 Å². The number of benzene rings is 1. The maximum absolute atomic E-state index is 6.29. The number of nitrogens with one attached hydrogen (secondary N) is 1. The van der Waals surface area contributed by atoms with E-state index in [1.165, 1.54) is 12.8 Å². The number of hydrogen-bond acceptors (Lipinski definition) is 5. The molecule has 0 saturated heterocycles. The molecule has 2 rings (SSSR count). The minimum Gasteiger partial charge on any atom is -0.384 e. The Kier molecular flexibility index (Phi) is 6.04. The summed E-state index contributed by atoms with van der Waals surface area (Å²) in [4.78, 5) is 8.39. The predicted molar refractivity (Wildman–Crippen MR) is 98.7 cm³/mol. The lowest BCUT2D eigenvalue weighted by molar-refractivity contribution is 0.744. The fourth-order valence-corrected chi connectivity index (χ4v) is 2.72. The van der Waals surface area contributed by atoms with E-state index in [1.54, 1.807) is 0 Å². The van der Waals surface area contributed by atoms with Crippen molar-refractivity contribution >= 4 is 29.1 Å². The Labute approximate surface area is 142 Å². The van der Waals surface area contributed by atoms with Gasteiger partial charge in [-0.25, -0.2) is 4.98 Å². The molecule has 0 aliphatic rings. The van der Waals surface area contributed by atoms with Crippen LogP contribution in [0.25, 0.3) is 11.1 Å². The molecule has 0 bridgehead atoms. The summed E-state index contributed by atoms with van der Waals surface area (Å²) in [5.74, 6) is 0.601. The summed E-state index contributed by atoms with van der Waals surface area (Å²) in [6.07, 6.45) is 4.23. The van der Waals surface area contributed by atoms with Crippen molar-refractivity contribution in [1.29, 1.82) is 0 Å². The van der Waals surface area contributed by atoms with Crippen molar-refractivity contribution in [2.45, 2.75) is 39.5 Å². The van der Waals surface area contributed by atoms with Gasteiger partial charge in [-0.15, -0.1) is 0 Å². The smallest absolute Gasteiger partial charge is 0.222 e. The molecule has 0 saturated carbocycles. The Morgan fingerprint density at radius 2 is 1.91 bits per heavy atom. The average molecular weight is 334 g/mol. The van der Waals surface area contributed by atoms with Crippen LogP contribution in [0.1, 0.15) is 38.8 Å². The zero-order valence-corrected chi connectivity index (χ0v) is 14.5. The number of hydrogen-bond donors (Lipinski definition) is 3. The molecular weight excluding hydrogens is 310 g/mol. The third kappa shape index (κ3) is 4.26. The van der Waals surface area contributed by atoms with Crippen molar-refractivity contribution in [1.82, 2.24) is 9.97 Å². The molecule has 6 heteroatoms. The van der Waals surface area contributed by atoms with Gasteiger partial charge in [0.15, 0.2) is 0 Å². The lowest BCUT2D eigenvalue weighted by Gasteiger charge is -2.14. The van der Waals surface area contributed by atoms with Crippen LogP contribution in [0.4, 0.5) is 17.5 Å². The average Bonchev–Trinajstić information content (AvgIpc) is 2.52. The molecule has 0 unspecified atom stereocenters. The zero-order valence-electron chi connectivity index (χ0n) is 13.7. The number of aryl methyl sites for hydroxylation is 1. The fourth-order valence-electron chi connectivity index (χ4n) is 2.53. The lowest BCUT2D eigenvalue weighted by atomic mass is 10.0. The first-order valence-corrected chi connectivity index (χ1v) is 8.40. The summed E-state index contributed by atoms with van der Waals surface area (Å²) < 4.78 is 0. The van der Waals surface area contributed by atoms with Gasteiger partial charge in [-0.05, 0) is 30.5 Å². The molecular formula is C17H24ClN5. The van der Waals surface area contributed by atoms with E-state index in [-0.39, 0.29) is 5.95 Å². The van der Waals surface area contributed by atoms with Crippen LogP contribution < -0.4 is 16.8 Å². The van der Waals surface area contributed by atoms with Crippen LogP contribution in [-0.2, 0) is 6.42 Å². The summed E-state index contributed by atoms with van der Waals surface area (Å²) in [5, 5.41) is 4.08. The molecule has 5 nitrogen and oxygen atoms in total. The first-order chi connectivity index (χ1) is 11.1. The van der Waals surface area contributed by atoms with Crippen LogP contribution in [0.15, 0.2) is 18.2 Å². The normalized spacial score (nSPS) is 10.7. The third-order valence-corrected chi connectivity index (χ3v) is 4.04. The van der Waals surface area contributed by atoms with E-state index < -0.39 is 0 Å². The maximum atomic E-state index is 6.29. The second-order valence-electron chi connectivity index (χ2n) is 5.47. The van der Waals surface area contributed by atoms with Crippen LogP contribution in [0.5, 0.6) is 0 Å². The van der Waals surface area contributed by atoms with E-state index in [4.69, 9.17) is 23.1 Å². The number of nitrogens with zero attached hydrogens (tertiary/aromatic N) is 2. The number of nitrogen functional groups attached to an aromatic ring is 2. The Morgan fingerprint density at radius 3 is 2.61 bits per heavy atom. The van der Waals surface area contributed by atoms with E-state index in [1.807, 2.05) is 25.1 Å². The summed E-state index contributed by atoms with van der Waals surface area (Å²) in [7, 11) is 0. The number of unbranched alkanes of at least 4 members (excludes halogenated alkanes) is 2. The van der Waals surface area contributed by atoms with Gasteiger partial charge >= 0.3 is 0 Å². The highest BCUT2D eigenvalue weighted by Gasteiger charge is 2.14. The van der Waals surface area contributed by atoms with Crippen molar-refractivity contribution in [2.75, 3.05) is 23.3 Å². The molecule has 0 radical (unpaired) electrons. The summed E-state index contributed by atoms with van der Waals surface area (Å²) in [6.45, 7) is 5.10. The van der Waals surface area contributed by atoms with Crippen molar-refractivity contribution < 1.29 is 0 Å². The molecule has 0 spiro atoms.